The molecule has 0 aromatic heterocycles. The number of rotatable bonds is 20. The molecule has 0 atom stereocenters. The van der Waals surface area contributed by atoms with Gasteiger partial charge < -0.3 is 0 Å². The minimum absolute atomic E-state index is 0.787. The Morgan fingerprint density at radius 2 is 0.949 bits per heavy atom. The van der Waals surface area contributed by atoms with Crippen molar-refractivity contribution >= 4 is 14.2 Å². The zero-order chi connectivity index (χ0) is 28.8. The summed E-state index contributed by atoms with van der Waals surface area (Å²) in [6.07, 6.45) is 17.5. The molecule has 5 heteroatoms. The molecule has 2 rings (SSSR count). The molecule has 220 valence electrons. The molecule has 2 aromatic rings. The third-order valence-electron chi connectivity index (χ3n) is 6.99. The van der Waals surface area contributed by atoms with Gasteiger partial charge in [0.1, 0.15) is 0 Å². The van der Waals surface area contributed by atoms with Crippen molar-refractivity contribution in [2.75, 3.05) is 26.7 Å². The summed E-state index contributed by atoms with van der Waals surface area (Å²) in [6, 6.07) is 13.0. The van der Waals surface area contributed by atoms with Crippen molar-refractivity contribution in [1.82, 2.24) is 0 Å². The molecule has 0 bridgehead atoms. The van der Waals surface area contributed by atoms with E-state index >= 15 is 0 Å². The minimum atomic E-state index is -2.40. The molecular weight excluding hydrogens is 498 g/mol. The van der Waals surface area contributed by atoms with E-state index in [-0.39, 0.29) is 0 Å². The number of hydrogen-bond acceptors (Lipinski definition) is 3. The van der Waals surface area contributed by atoms with E-state index in [2.05, 4.69) is 90.8 Å². The summed E-state index contributed by atoms with van der Waals surface area (Å²) >= 11 is 0. The quantitative estimate of drug-likeness (QED) is 0.0922. The van der Waals surface area contributed by atoms with Crippen molar-refractivity contribution < 1.29 is 13.7 Å². The Balaban J connectivity index is 2.18. The van der Waals surface area contributed by atoms with Crippen LogP contribution in [0, 0.1) is 13.8 Å². The van der Waals surface area contributed by atoms with Crippen molar-refractivity contribution in [2.24, 2.45) is 0 Å². The molecule has 0 saturated carbocycles. The molecule has 0 amide bonds. The molecular formula is C34H58BO3P. The van der Waals surface area contributed by atoms with Crippen LogP contribution >= 0.6 is 6.83 Å². The van der Waals surface area contributed by atoms with Crippen LogP contribution in [-0.2, 0) is 17.3 Å². The SMILES string of the molecule is CCCCCCCCc1cc(C)ccc1OB(Oc1ccc(C)cc1CCCCCCCC)OP(C)(C)(C)C. The Kier molecular flexibility index (Phi) is 14.4. The average Bonchev–Trinajstić information content (AvgIpc) is 2.85. The van der Waals surface area contributed by atoms with Crippen LogP contribution in [0.2, 0.25) is 0 Å². The maximum absolute atomic E-state index is 6.63. The molecule has 0 heterocycles. The monoisotopic (exact) mass is 556 g/mol. The van der Waals surface area contributed by atoms with Gasteiger partial charge >= 0.3 is 228 Å². The second-order valence-corrected chi connectivity index (χ2v) is 20.3. The zero-order valence-electron chi connectivity index (χ0n) is 26.6. The summed E-state index contributed by atoms with van der Waals surface area (Å²) in [5.41, 5.74) is 5.02. The predicted molar refractivity (Wildman–Crippen MR) is 175 cm³/mol. The first-order chi connectivity index (χ1) is 18.5. The summed E-state index contributed by atoms with van der Waals surface area (Å²) in [6.45, 7) is 15.2. The van der Waals surface area contributed by atoms with Crippen LogP contribution in [0.15, 0.2) is 36.4 Å². The number of benzene rings is 2. The fraction of sp³-hybridized carbons (Fsp3) is 0.647. The molecule has 0 aliphatic heterocycles. The van der Waals surface area contributed by atoms with Crippen LogP contribution in [0.4, 0.5) is 0 Å². The fourth-order valence-electron chi connectivity index (χ4n) is 4.85. The second-order valence-electron chi connectivity index (χ2n) is 13.3. The molecule has 0 saturated heterocycles. The molecule has 0 aliphatic carbocycles. The van der Waals surface area contributed by atoms with Crippen LogP contribution in [0.3, 0.4) is 0 Å². The number of aryl methyl sites for hydroxylation is 4. The van der Waals surface area contributed by atoms with Gasteiger partial charge in [-0.1, -0.05) is 13.8 Å². The van der Waals surface area contributed by atoms with Crippen molar-refractivity contribution in [2.45, 2.75) is 118 Å². The maximum atomic E-state index is 6.63. The van der Waals surface area contributed by atoms with Gasteiger partial charge in [0.2, 0.25) is 0 Å². The number of unbranched alkanes of at least 4 members (excludes halogenated alkanes) is 10. The van der Waals surface area contributed by atoms with Crippen molar-refractivity contribution in [3.8, 4) is 11.5 Å². The first-order valence-electron chi connectivity index (χ1n) is 15.7. The zero-order valence-corrected chi connectivity index (χ0v) is 27.5. The van der Waals surface area contributed by atoms with Crippen LogP contribution < -0.4 is 9.31 Å². The standard InChI is InChI=1S/C34H58BO3P/c1-9-11-13-15-17-19-21-31-27-29(3)23-25-33(31)36-35(38-39(5,6,7)8)37-34-26-24-30(4)28-32(34)22-20-18-16-14-12-10-2/h23-28H,9-22H2,1-8H3. The summed E-state index contributed by atoms with van der Waals surface area (Å²) < 4.78 is 19.8. The van der Waals surface area contributed by atoms with Gasteiger partial charge in [-0.15, -0.1) is 0 Å². The Labute approximate surface area is 242 Å². The third-order valence-corrected chi connectivity index (χ3v) is 8.00. The average molecular weight is 557 g/mol. The fourth-order valence-corrected chi connectivity index (χ4v) is 5.62. The molecule has 0 radical (unpaired) electrons. The van der Waals surface area contributed by atoms with E-state index < -0.39 is 14.2 Å². The molecule has 39 heavy (non-hydrogen) atoms. The summed E-state index contributed by atoms with van der Waals surface area (Å²) in [5.74, 6) is 1.76. The number of hydrogen-bond donors (Lipinski definition) is 0. The van der Waals surface area contributed by atoms with Gasteiger partial charge in [-0.3, -0.25) is 0 Å². The summed E-state index contributed by atoms with van der Waals surface area (Å²) in [4.78, 5) is 0. The van der Waals surface area contributed by atoms with E-state index in [1.54, 1.807) is 0 Å². The Hall–Kier alpha value is -1.51. The van der Waals surface area contributed by atoms with E-state index in [1.165, 1.54) is 99.3 Å². The molecule has 2 aromatic carbocycles. The summed E-state index contributed by atoms with van der Waals surface area (Å²) in [5, 5.41) is 0. The first-order valence-corrected chi connectivity index (χ1v) is 19.6. The van der Waals surface area contributed by atoms with Crippen LogP contribution in [0.25, 0.3) is 0 Å². The van der Waals surface area contributed by atoms with E-state index in [0.29, 0.717) is 0 Å². The van der Waals surface area contributed by atoms with E-state index in [9.17, 15) is 0 Å². The Bertz CT molecular complexity index is 905. The topological polar surface area (TPSA) is 27.7 Å². The first kappa shape index (κ1) is 33.7. The van der Waals surface area contributed by atoms with Crippen LogP contribution in [-0.4, -0.2) is 34.0 Å². The van der Waals surface area contributed by atoms with Crippen LogP contribution in [0.5, 0.6) is 11.5 Å². The van der Waals surface area contributed by atoms with Crippen molar-refractivity contribution in [3.63, 3.8) is 0 Å². The van der Waals surface area contributed by atoms with Gasteiger partial charge in [0.05, 0.1) is 0 Å². The van der Waals surface area contributed by atoms with Crippen molar-refractivity contribution in [3.05, 3.63) is 58.7 Å². The Morgan fingerprint density at radius 3 is 1.33 bits per heavy atom. The predicted octanol–water partition coefficient (Wildman–Crippen LogP) is 10.6. The second kappa shape index (κ2) is 16.7. The molecule has 0 unspecified atom stereocenters. The van der Waals surface area contributed by atoms with Gasteiger partial charge in [-0.25, -0.2) is 0 Å². The van der Waals surface area contributed by atoms with Gasteiger partial charge in [-0.05, 0) is 0 Å². The van der Waals surface area contributed by atoms with Crippen LogP contribution in [0.1, 0.15) is 113 Å². The van der Waals surface area contributed by atoms with Gasteiger partial charge in [0, 0.05) is 0 Å². The third kappa shape index (κ3) is 14.6. The molecule has 0 spiro atoms. The van der Waals surface area contributed by atoms with Gasteiger partial charge in [0.25, 0.3) is 0 Å². The molecule has 0 aliphatic rings. The summed E-state index contributed by atoms with van der Waals surface area (Å²) in [7, 11) is -0.787. The van der Waals surface area contributed by atoms with E-state index in [1.807, 2.05) is 0 Å². The Morgan fingerprint density at radius 1 is 0.564 bits per heavy atom. The molecule has 3 nitrogen and oxygen atoms in total. The van der Waals surface area contributed by atoms with Crippen molar-refractivity contribution in [1.29, 1.82) is 0 Å². The molecule has 0 fully saturated rings. The molecule has 0 N–H and O–H groups in total. The van der Waals surface area contributed by atoms with Gasteiger partial charge in [0.15, 0.2) is 0 Å². The van der Waals surface area contributed by atoms with Gasteiger partial charge in [-0.2, -0.15) is 0 Å². The van der Waals surface area contributed by atoms with E-state index in [0.717, 1.165) is 24.3 Å². The van der Waals surface area contributed by atoms with E-state index in [4.69, 9.17) is 13.7 Å². The normalized spacial score (nSPS) is 12.7.